The van der Waals surface area contributed by atoms with E-state index in [1.54, 1.807) is 23.5 Å². The number of likely N-dealkylation sites (tertiary alicyclic amines) is 1. The summed E-state index contributed by atoms with van der Waals surface area (Å²) in [6.07, 6.45) is 4.06. The van der Waals surface area contributed by atoms with Crippen molar-refractivity contribution >= 4 is 17.2 Å². The van der Waals surface area contributed by atoms with Crippen molar-refractivity contribution in [3.05, 3.63) is 52.5 Å². The van der Waals surface area contributed by atoms with E-state index in [0.717, 1.165) is 37.5 Å². The van der Waals surface area contributed by atoms with Gasteiger partial charge in [-0.1, -0.05) is 30.3 Å². The summed E-state index contributed by atoms with van der Waals surface area (Å²) in [5.74, 6) is -0.167. The van der Waals surface area contributed by atoms with Crippen LogP contribution in [0.5, 0.6) is 0 Å². The molecule has 1 saturated heterocycles. The normalized spacial score (nSPS) is 22.6. The fourth-order valence-corrected chi connectivity index (χ4v) is 4.94. The molecule has 2 fully saturated rings. The van der Waals surface area contributed by atoms with E-state index < -0.39 is 6.10 Å². The predicted molar refractivity (Wildman–Crippen MR) is 102 cm³/mol. The smallest absolute Gasteiger partial charge is 0.256 e. The number of benzene rings is 1. The average molecular weight is 372 g/mol. The fourth-order valence-electron chi connectivity index (χ4n) is 4.26. The number of aromatic nitrogens is 1. The molecule has 2 aromatic rings. The summed E-state index contributed by atoms with van der Waals surface area (Å²) in [6, 6.07) is 9.79. The number of amides is 1. The average Bonchev–Trinajstić information content (AvgIpc) is 3.12. The minimum Gasteiger partial charge on any atom is -0.378 e. The van der Waals surface area contributed by atoms with Crippen molar-refractivity contribution < 1.29 is 9.90 Å². The summed E-state index contributed by atoms with van der Waals surface area (Å²) in [4.78, 5) is 21.2. The van der Waals surface area contributed by atoms with E-state index in [0.29, 0.717) is 17.0 Å². The van der Waals surface area contributed by atoms with Crippen LogP contribution in [0.4, 0.5) is 0 Å². The van der Waals surface area contributed by atoms with Gasteiger partial charge in [0.25, 0.3) is 5.91 Å². The Morgan fingerprint density at radius 3 is 2.77 bits per heavy atom. The van der Waals surface area contributed by atoms with Crippen LogP contribution < -0.4 is 0 Å². The molecule has 1 aromatic carbocycles. The van der Waals surface area contributed by atoms with Gasteiger partial charge in [0, 0.05) is 30.7 Å². The number of hydrogen-bond acceptors (Lipinski definition) is 5. The van der Waals surface area contributed by atoms with Gasteiger partial charge in [-0.25, -0.2) is 4.98 Å². The van der Waals surface area contributed by atoms with Crippen molar-refractivity contribution in [3.8, 4) is 0 Å². The molecule has 0 bridgehead atoms. The number of hydrogen-bond donors (Lipinski definition) is 1. The third-order valence-corrected chi connectivity index (χ3v) is 6.73. The molecule has 4 rings (SSSR count). The lowest BCUT2D eigenvalue weighted by Crippen LogP contribution is -2.43. The molecule has 2 aliphatic rings. The second-order valence-corrected chi connectivity index (χ2v) is 8.54. The first-order chi connectivity index (χ1) is 12.6. The summed E-state index contributed by atoms with van der Waals surface area (Å²) in [5.41, 5.74) is 1.02. The summed E-state index contributed by atoms with van der Waals surface area (Å²) in [5, 5.41) is 13.5. The van der Waals surface area contributed by atoms with E-state index in [9.17, 15) is 9.90 Å². The fraction of sp³-hybridized carbons (Fsp3) is 0.500. The summed E-state index contributed by atoms with van der Waals surface area (Å²) < 4.78 is 0. The minimum atomic E-state index is -1.05. The Morgan fingerprint density at radius 1 is 1.38 bits per heavy atom. The van der Waals surface area contributed by atoms with Crippen molar-refractivity contribution in [2.24, 2.45) is 5.41 Å². The van der Waals surface area contributed by atoms with Crippen molar-refractivity contribution in [2.75, 3.05) is 20.1 Å². The van der Waals surface area contributed by atoms with E-state index in [4.69, 9.17) is 0 Å². The lowest BCUT2D eigenvalue weighted by Gasteiger charge is -2.35. The van der Waals surface area contributed by atoms with Crippen LogP contribution in [0, 0.1) is 5.41 Å². The number of aliphatic hydroxyl groups is 1. The van der Waals surface area contributed by atoms with Gasteiger partial charge in [0.05, 0.1) is 6.54 Å². The van der Waals surface area contributed by atoms with Gasteiger partial charge < -0.3 is 10.0 Å². The SMILES string of the molecule is CN(Cc1nccs1)C1CC12CCN(C(=O)[C@@H](O)c1ccccc1)CC2. The molecule has 138 valence electrons. The second kappa shape index (κ2) is 7.10. The van der Waals surface area contributed by atoms with E-state index in [-0.39, 0.29) is 5.91 Å². The van der Waals surface area contributed by atoms with Crippen LogP contribution in [-0.4, -0.2) is 52.0 Å². The third kappa shape index (κ3) is 3.41. The highest BCUT2D eigenvalue weighted by molar-refractivity contribution is 7.09. The first-order valence-corrected chi connectivity index (χ1v) is 10.1. The van der Waals surface area contributed by atoms with Gasteiger partial charge in [-0.05, 0) is 37.3 Å². The maximum absolute atomic E-state index is 12.6. The second-order valence-electron chi connectivity index (χ2n) is 7.56. The van der Waals surface area contributed by atoms with Crippen LogP contribution in [0.2, 0.25) is 0 Å². The van der Waals surface area contributed by atoms with E-state index in [1.165, 1.54) is 6.42 Å². The quantitative estimate of drug-likeness (QED) is 0.878. The van der Waals surface area contributed by atoms with Crippen LogP contribution in [0.25, 0.3) is 0 Å². The molecule has 1 aliphatic carbocycles. The van der Waals surface area contributed by atoms with Gasteiger partial charge in [-0.3, -0.25) is 9.69 Å². The summed E-state index contributed by atoms with van der Waals surface area (Å²) in [6.45, 7) is 2.38. The molecule has 1 saturated carbocycles. The first kappa shape index (κ1) is 17.6. The van der Waals surface area contributed by atoms with Gasteiger partial charge in [-0.15, -0.1) is 11.3 Å². The molecular weight excluding hydrogens is 346 g/mol. The van der Waals surface area contributed by atoms with Crippen LogP contribution in [0.15, 0.2) is 41.9 Å². The van der Waals surface area contributed by atoms with E-state index in [2.05, 4.69) is 16.9 Å². The Kier molecular flexibility index (Phi) is 4.82. The lowest BCUT2D eigenvalue weighted by atomic mass is 9.91. The highest BCUT2D eigenvalue weighted by atomic mass is 32.1. The number of nitrogens with zero attached hydrogens (tertiary/aromatic N) is 3. The number of aliphatic hydroxyl groups excluding tert-OH is 1. The topological polar surface area (TPSA) is 56.7 Å². The van der Waals surface area contributed by atoms with Crippen LogP contribution in [0.3, 0.4) is 0 Å². The zero-order chi connectivity index (χ0) is 18.1. The van der Waals surface area contributed by atoms with Crippen LogP contribution >= 0.6 is 11.3 Å². The molecule has 6 heteroatoms. The Morgan fingerprint density at radius 2 is 2.12 bits per heavy atom. The summed E-state index contributed by atoms with van der Waals surface area (Å²) >= 11 is 1.70. The van der Waals surface area contributed by atoms with Crippen molar-refractivity contribution in [1.82, 2.24) is 14.8 Å². The molecule has 2 heterocycles. The van der Waals surface area contributed by atoms with E-state index >= 15 is 0 Å². The lowest BCUT2D eigenvalue weighted by molar-refractivity contribution is -0.142. The molecule has 5 nitrogen and oxygen atoms in total. The number of carbonyl (C=O) groups is 1. The molecule has 26 heavy (non-hydrogen) atoms. The van der Waals surface area contributed by atoms with E-state index in [1.807, 2.05) is 34.7 Å². The number of carbonyl (C=O) groups excluding carboxylic acids is 1. The highest BCUT2D eigenvalue weighted by Crippen LogP contribution is 2.56. The van der Waals surface area contributed by atoms with Crippen molar-refractivity contribution in [3.63, 3.8) is 0 Å². The first-order valence-electron chi connectivity index (χ1n) is 9.19. The molecule has 1 N–H and O–H groups in total. The monoisotopic (exact) mass is 371 g/mol. The van der Waals surface area contributed by atoms with Gasteiger partial charge in [-0.2, -0.15) is 0 Å². The van der Waals surface area contributed by atoms with Crippen LogP contribution in [0.1, 0.15) is 35.9 Å². The van der Waals surface area contributed by atoms with Crippen molar-refractivity contribution in [2.45, 2.75) is 38.0 Å². The highest BCUT2D eigenvalue weighted by Gasteiger charge is 2.57. The van der Waals surface area contributed by atoms with Gasteiger partial charge in [0.1, 0.15) is 5.01 Å². The number of piperidine rings is 1. The zero-order valence-electron chi connectivity index (χ0n) is 15.0. The number of rotatable bonds is 5. The van der Waals surface area contributed by atoms with Gasteiger partial charge >= 0.3 is 0 Å². The molecule has 1 aromatic heterocycles. The zero-order valence-corrected chi connectivity index (χ0v) is 15.9. The summed E-state index contributed by atoms with van der Waals surface area (Å²) in [7, 11) is 2.18. The largest absolute Gasteiger partial charge is 0.378 e. The van der Waals surface area contributed by atoms with Crippen molar-refractivity contribution in [1.29, 1.82) is 0 Å². The Labute approximate surface area is 158 Å². The minimum absolute atomic E-state index is 0.167. The third-order valence-electron chi connectivity index (χ3n) is 5.97. The maximum atomic E-state index is 12.6. The Hall–Kier alpha value is -1.76. The Balaban J connectivity index is 1.31. The molecule has 1 unspecified atom stereocenters. The maximum Gasteiger partial charge on any atom is 0.256 e. The molecular formula is C20H25N3O2S. The standard InChI is InChI=1S/C20H25N3O2S/c1-22(14-17-21-9-12-26-17)16-13-20(16)7-10-23(11-8-20)19(25)18(24)15-5-3-2-4-6-15/h2-6,9,12,16,18,24H,7-8,10-11,13-14H2,1H3/t16?,18-/m0/s1. The molecule has 1 spiro atoms. The van der Waals surface area contributed by atoms with Crippen LogP contribution in [-0.2, 0) is 11.3 Å². The number of thiazole rings is 1. The Bertz CT molecular complexity index is 742. The molecule has 1 amide bonds. The molecule has 1 aliphatic heterocycles. The molecule has 2 atom stereocenters. The predicted octanol–water partition coefficient (Wildman–Crippen LogP) is 2.69. The molecule has 0 radical (unpaired) electrons. The van der Waals surface area contributed by atoms with Gasteiger partial charge in [0.2, 0.25) is 0 Å². The van der Waals surface area contributed by atoms with Gasteiger partial charge in [0.15, 0.2) is 6.10 Å².